The molecule has 2 aromatic carbocycles. The van der Waals surface area contributed by atoms with Crippen molar-refractivity contribution >= 4 is 5.91 Å². The molecule has 0 saturated heterocycles. The van der Waals surface area contributed by atoms with Crippen LogP contribution in [0.15, 0.2) is 36.4 Å². The Labute approximate surface area is 147 Å². The van der Waals surface area contributed by atoms with Crippen LogP contribution in [0.2, 0.25) is 0 Å². The normalized spacial score (nSPS) is 13.9. The average Bonchev–Trinajstić information content (AvgIpc) is 2.62. The molecule has 5 heteroatoms. The number of rotatable bonds is 5. The number of carbonyl (C=O) groups excluding carboxylic acids is 1. The molecule has 1 atom stereocenters. The largest absolute Gasteiger partial charge is 0.486 e. The quantitative estimate of drug-likeness (QED) is 0.906. The van der Waals surface area contributed by atoms with E-state index >= 15 is 0 Å². The third-order valence-electron chi connectivity index (χ3n) is 4.36. The lowest BCUT2D eigenvalue weighted by molar-refractivity contribution is -0.123. The van der Waals surface area contributed by atoms with E-state index in [1.807, 2.05) is 57.2 Å². The standard InChI is InChI=1S/C20H23NO4/c1-13-5-4-6-17(14(13)2)25-12-20(22)21-15(3)16-7-8-18-19(11-16)24-10-9-23-18/h4-8,11,15H,9-10,12H2,1-3H3,(H,21,22). The van der Waals surface area contributed by atoms with Crippen LogP contribution in [-0.2, 0) is 4.79 Å². The second-order valence-corrected chi connectivity index (χ2v) is 6.18. The number of nitrogens with one attached hydrogen (secondary N) is 1. The molecule has 3 rings (SSSR count). The second kappa shape index (κ2) is 7.47. The fraction of sp³-hybridized carbons (Fsp3) is 0.350. The molecule has 0 fully saturated rings. The van der Waals surface area contributed by atoms with Gasteiger partial charge in [-0.05, 0) is 55.7 Å². The first kappa shape index (κ1) is 17.1. The van der Waals surface area contributed by atoms with Gasteiger partial charge in [-0.15, -0.1) is 0 Å². The van der Waals surface area contributed by atoms with Gasteiger partial charge in [0, 0.05) is 0 Å². The Morgan fingerprint density at radius 3 is 2.72 bits per heavy atom. The topological polar surface area (TPSA) is 56.8 Å². The molecule has 0 spiro atoms. The van der Waals surface area contributed by atoms with Crippen molar-refractivity contribution in [2.45, 2.75) is 26.8 Å². The van der Waals surface area contributed by atoms with E-state index in [-0.39, 0.29) is 18.6 Å². The lowest BCUT2D eigenvalue weighted by Gasteiger charge is -2.21. The SMILES string of the molecule is Cc1cccc(OCC(=O)NC(C)c2ccc3c(c2)OCCO3)c1C. The predicted octanol–water partition coefficient (Wildman–Crippen LogP) is 3.33. The molecule has 0 radical (unpaired) electrons. The van der Waals surface area contributed by atoms with Crippen molar-refractivity contribution in [1.29, 1.82) is 0 Å². The molecule has 1 aliphatic rings. The molecule has 5 nitrogen and oxygen atoms in total. The molecule has 0 bridgehead atoms. The van der Waals surface area contributed by atoms with Crippen molar-refractivity contribution < 1.29 is 19.0 Å². The van der Waals surface area contributed by atoms with Gasteiger partial charge in [-0.3, -0.25) is 4.79 Å². The van der Waals surface area contributed by atoms with Crippen LogP contribution in [0.5, 0.6) is 17.2 Å². The Balaban J connectivity index is 1.58. The second-order valence-electron chi connectivity index (χ2n) is 6.18. The summed E-state index contributed by atoms with van der Waals surface area (Å²) in [6.07, 6.45) is 0. The maximum absolute atomic E-state index is 12.2. The van der Waals surface area contributed by atoms with E-state index in [4.69, 9.17) is 14.2 Å². The van der Waals surface area contributed by atoms with Gasteiger partial charge < -0.3 is 19.5 Å². The Kier molecular flexibility index (Phi) is 5.12. The summed E-state index contributed by atoms with van der Waals surface area (Å²) in [6.45, 7) is 7.03. The molecule has 0 aliphatic carbocycles. The fourth-order valence-corrected chi connectivity index (χ4v) is 2.72. The van der Waals surface area contributed by atoms with Gasteiger partial charge in [0.2, 0.25) is 0 Å². The van der Waals surface area contributed by atoms with Gasteiger partial charge in [0.05, 0.1) is 6.04 Å². The number of benzene rings is 2. The van der Waals surface area contributed by atoms with Gasteiger partial charge in [0.25, 0.3) is 5.91 Å². The Bertz CT molecular complexity index is 772. The lowest BCUT2D eigenvalue weighted by atomic mass is 10.1. The van der Waals surface area contributed by atoms with Crippen LogP contribution < -0.4 is 19.5 Å². The van der Waals surface area contributed by atoms with Crippen LogP contribution in [0.4, 0.5) is 0 Å². The van der Waals surface area contributed by atoms with Crippen LogP contribution in [0.25, 0.3) is 0 Å². The zero-order valence-corrected chi connectivity index (χ0v) is 14.8. The summed E-state index contributed by atoms with van der Waals surface area (Å²) < 4.78 is 16.8. The Morgan fingerprint density at radius 2 is 1.92 bits per heavy atom. The van der Waals surface area contributed by atoms with Crippen molar-refractivity contribution in [2.24, 2.45) is 0 Å². The molecule has 0 aromatic heterocycles. The zero-order valence-electron chi connectivity index (χ0n) is 14.8. The summed E-state index contributed by atoms with van der Waals surface area (Å²) in [7, 11) is 0. The third-order valence-corrected chi connectivity index (χ3v) is 4.36. The number of carbonyl (C=O) groups is 1. The first-order chi connectivity index (χ1) is 12.0. The minimum atomic E-state index is -0.164. The summed E-state index contributed by atoms with van der Waals surface area (Å²) >= 11 is 0. The van der Waals surface area contributed by atoms with Crippen molar-refractivity contribution in [3.8, 4) is 17.2 Å². The van der Waals surface area contributed by atoms with E-state index in [9.17, 15) is 4.79 Å². The number of ether oxygens (including phenoxy) is 3. The highest BCUT2D eigenvalue weighted by atomic mass is 16.6. The van der Waals surface area contributed by atoms with Crippen LogP contribution >= 0.6 is 0 Å². The molecule has 1 amide bonds. The van der Waals surface area contributed by atoms with E-state index in [1.165, 1.54) is 0 Å². The van der Waals surface area contributed by atoms with Crippen LogP contribution in [0.1, 0.15) is 29.7 Å². The highest BCUT2D eigenvalue weighted by molar-refractivity contribution is 5.78. The van der Waals surface area contributed by atoms with Gasteiger partial charge in [-0.25, -0.2) is 0 Å². The molecule has 1 N–H and O–H groups in total. The van der Waals surface area contributed by atoms with Crippen molar-refractivity contribution in [3.63, 3.8) is 0 Å². The number of hydrogen-bond acceptors (Lipinski definition) is 4. The fourth-order valence-electron chi connectivity index (χ4n) is 2.72. The van der Waals surface area contributed by atoms with Crippen molar-refractivity contribution in [1.82, 2.24) is 5.32 Å². The van der Waals surface area contributed by atoms with Crippen LogP contribution in [-0.4, -0.2) is 25.7 Å². The van der Waals surface area contributed by atoms with E-state index < -0.39 is 0 Å². The van der Waals surface area contributed by atoms with Gasteiger partial charge in [-0.1, -0.05) is 18.2 Å². The highest BCUT2D eigenvalue weighted by Gasteiger charge is 2.16. The van der Waals surface area contributed by atoms with Crippen molar-refractivity contribution in [2.75, 3.05) is 19.8 Å². The van der Waals surface area contributed by atoms with E-state index in [0.29, 0.717) is 13.2 Å². The number of hydrogen-bond donors (Lipinski definition) is 1. The Hall–Kier alpha value is -2.69. The summed E-state index contributed by atoms with van der Waals surface area (Å²) in [4.78, 5) is 12.2. The van der Waals surface area contributed by atoms with Crippen LogP contribution in [0, 0.1) is 13.8 Å². The van der Waals surface area contributed by atoms with Gasteiger partial charge in [0.15, 0.2) is 18.1 Å². The highest BCUT2D eigenvalue weighted by Crippen LogP contribution is 2.32. The van der Waals surface area contributed by atoms with E-state index in [0.717, 1.165) is 33.9 Å². The molecule has 132 valence electrons. The van der Waals surface area contributed by atoms with Gasteiger partial charge >= 0.3 is 0 Å². The smallest absolute Gasteiger partial charge is 0.258 e. The first-order valence-electron chi connectivity index (χ1n) is 8.42. The average molecular weight is 341 g/mol. The molecule has 25 heavy (non-hydrogen) atoms. The molecular weight excluding hydrogens is 318 g/mol. The minimum absolute atomic E-state index is 0.0147. The number of aryl methyl sites for hydroxylation is 1. The predicted molar refractivity (Wildman–Crippen MR) is 95.4 cm³/mol. The summed E-state index contributed by atoms with van der Waals surface area (Å²) in [5, 5.41) is 2.95. The molecule has 0 saturated carbocycles. The Morgan fingerprint density at radius 1 is 1.16 bits per heavy atom. The van der Waals surface area contributed by atoms with Crippen molar-refractivity contribution in [3.05, 3.63) is 53.1 Å². The molecule has 2 aromatic rings. The monoisotopic (exact) mass is 341 g/mol. The van der Waals surface area contributed by atoms with E-state index in [1.54, 1.807) is 0 Å². The maximum Gasteiger partial charge on any atom is 0.258 e. The van der Waals surface area contributed by atoms with E-state index in [2.05, 4.69) is 5.32 Å². The molecular formula is C20H23NO4. The molecule has 1 unspecified atom stereocenters. The summed E-state index contributed by atoms with van der Waals surface area (Å²) in [5.74, 6) is 2.04. The maximum atomic E-state index is 12.2. The number of amides is 1. The van der Waals surface area contributed by atoms with Gasteiger partial charge in [0.1, 0.15) is 19.0 Å². The molecule has 1 aliphatic heterocycles. The summed E-state index contributed by atoms with van der Waals surface area (Å²) in [6, 6.07) is 11.4. The minimum Gasteiger partial charge on any atom is -0.486 e. The first-order valence-corrected chi connectivity index (χ1v) is 8.42. The summed E-state index contributed by atoms with van der Waals surface area (Å²) in [5.41, 5.74) is 3.15. The zero-order chi connectivity index (χ0) is 17.8. The molecule has 1 heterocycles. The number of fused-ring (bicyclic) bond motifs is 1. The van der Waals surface area contributed by atoms with Gasteiger partial charge in [-0.2, -0.15) is 0 Å². The third kappa shape index (κ3) is 4.05. The lowest BCUT2D eigenvalue weighted by Crippen LogP contribution is -2.31. The van der Waals surface area contributed by atoms with Crippen LogP contribution in [0.3, 0.4) is 0 Å².